The number of allylic oxidation sites excluding steroid dienone is 4. The Morgan fingerprint density at radius 2 is 2.22 bits per heavy atom. The number of hydrogen-bond acceptors (Lipinski definition) is 2. The summed E-state index contributed by atoms with van der Waals surface area (Å²) in [5.74, 6) is 0.265. The molecule has 4 heteroatoms. The van der Waals surface area contributed by atoms with Gasteiger partial charge in [0.25, 0.3) is 0 Å². The molecular weight excluding hydrogens is 248 g/mol. The van der Waals surface area contributed by atoms with Gasteiger partial charge in [0.05, 0.1) is 6.61 Å². The first kappa shape index (κ1) is 17.8. The van der Waals surface area contributed by atoms with Gasteiger partial charge in [0.15, 0.2) is 0 Å². The molecule has 0 aromatic heterocycles. The second-order valence-electron chi connectivity index (χ2n) is 4.61. The van der Waals surface area contributed by atoms with Crippen LogP contribution in [0.15, 0.2) is 23.8 Å². The zero-order valence-corrected chi connectivity index (χ0v) is 13.0. The Labute approximate surface area is 112 Å². The minimum atomic E-state index is -0.104. The molecule has 0 spiro atoms. The molecule has 18 heavy (non-hydrogen) atoms. The summed E-state index contributed by atoms with van der Waals surface area (Å²) in [6.07, 6.45) is 10.8. The van der Waals surface area contributed by atoms with Crippen LogP contribution in [0.3, 0.4) is 0 Å². The second kappa shape index (κ2) is 11.8. The van der Waals surface area contributed by atoms with E-state index < -0.39 is 0 Å². The molecule has 1 N–H and O–H groups in total. The molecule has 0 fully saturated rings. The van der Waals surface area contributed by atoms with Gasteiger partial charge in [-0.25, -0.2) is 0 Å². The number of halogens is 1. The topological polar surface area (TPSA) is 21.3 Å². The molecule has 0 rings (SSSR count). The highest BCUT2D eigenvalue weighted by molar-refractivity contribution is 7.54. The lowest BCUT2D eigenvalue weighted by Gasteiger charge is -2.11. The van der Waals surface area contributed by atoms with Crippen LogP contribution in [0.1, 0.15) is 33.1 Å². The maximum atomic E-state index is 11.7. The maximum absolute atomic E-state index is 11.7. The SMILES string of the molecule is CC/C=C\C(=C/CP(C)NC)CCC(C)COF. The van der Waals surface area contributed by atoms with E-state index in [2.05, 4.69) is 41.8 Å². The van der Waals surface area contributed by atoms with Crippen LogP contribution in [0.4, 0.5) is 4.53 Å². The van der Waals surface area contributed by atoms with Crippen molar-refractivity contribution < 1.29 is 9.47 Å². The van der Waals surface area contributed by atoms with E-state index >= 15 is 0 Å². The lowest BCUT2D eigenvalue weighted by atomic mass is 10.0. The van der Waals surface area contributed by atoms with Crippen LogP contribution in [-0.2, 0) is 4.94 Å². The largest absolute Gasteiger partial charge is 0.299 e. The summed E-state index contributed by atoms with van der Waals surface area (Å²) in [5.41, 5.74) is 1.35. The van der Waals surface area contributed by atoms with Crippen molar-refractivity contribution in [2.24, 2.45) is 5.92 Å². The molecule has 106 valence electrons. The lowest BCUT2D eigenvalue weighted by Crippen LogP contribution is -2.02. The minimum absolute atomic E-state index is 0.104. The van der Waals surface area contributed by atoms with Gasteiger partial charge in [-0.1, -0.05) is 37.6 Å². The van der Waals surface area contributed by atoms with Crippen molar-refractivity contribution in [2.45, 2.75) is 33.1 Å². The predicted octanol–water partition coefficient (Wildman–Crippen LogP) is 4.44. The molecule has 0 aliphatic carbocycles. The van der Waals surface area contributed by atoms with Crippen molar-refractivity contribution >= 4 is 8.07 Å². The monoisotopic (exact) mass is 275 g/mol. The quantitative estimate of drug-likeness (QED) is 0.470. The molecule has 2 atom stereocenters. The third kappa shape index (κ3) is 9.76. The highest BCUT2D eigenvalue weighted by Gasteiger charge is 2.04. The van der Waals surface area contributed by atoms with E-state index in [1.165, 1.54) is 5.57 Å². The molecule has 0 bridgehead atoms. The van der Waals surface area contributed by atoms with Crippen molar-refractivity contribution in [2.75, 3.05) is 26.5 Å². The molecule has 0 aliphatic heterocycles. The van der Waals surface area contributed by atoms with Gasteiger partial charge in [0.1, 0.15) is 0 Å². The van der Waals surface area contributed by atoms with E-state index in [1.54, 1.807) is 0 Å². The second-order valence-corrected chi connectivity index (χ2v) is 6.82. The molecule has 0 aliphatic rings. The Hall–Kier alpha value is -0.240. The van der Waals surface area contributed by atoms with E-state index in [0.29, 0.717) is 0 Å². The lowest BCUT2D eigenvalue weighted by molar-refractivity contribution is -0.143. The molecule has 0 radical (unpaired) electrons. The van der Waals surface area contributed by atoms with Crippen molar-refractivity contribution in [1.82, 2.24) is 5.09 Å². The van der Waals surface area contributed by atoms with Gasteiger partial charge < -0.3 is 0 Å². The average Bonchev–Trinajstić information content (AvgIpc) is 2.37. The predicted molar refractivity (Wildman–Crippen MR) is 79.7 cm³/mol. The van der Waals surface area contributed by atoms with Crippen LogP contribution in [0, 0.1) is 5.92 Å². The molecule has 0 aromatic rings. The van der Waals surface area contributed by atoms with Crippen LogP contribution in [-0.4, -0.2) is 26.5 Å². The fourth-order valence-electron chi connectivity index (χ4n) is 1.47. The van der Waals surface area contributed by atoms with Gasteiger partial charge in [0, 0.05) is 0 Å². The van der Waals surface area contributed by atoms with E-state index in [4.69, 9.17) is 0 Å². The Kier molecular flexibility index (Phi) is 11.7. The van der Waals surface area contributed by atoms with Crippen LogP contribution in [0.25, 0.3) is 0 Å². The Morgan fingerprint density at radius 1 is 1.50 bits per heavy atom. The molecular formula is C14H27FNOP. The summed E-state index contributed by atoms with van der Waals surface area (Å²) in [7, 11) is 1.90. The fourth-order valence-corrected chi connectivity index (χ4v) is 2.16. The molecule has 0 saturated carbocycles. The van der Waals surface area contributed by atoms with E-state index in [1.807, 2.05) is 14.0 Å². The summed E-state index contributed by atoms with van der Waals surface area (Å²) in [4.78, 5) is 3.69. The molecule has 0 heterocycles. The zero-order valence-electron chi connectivity index (χ0n) is 12.1. The van der Waals surface area contributed by atoms with Crippen molar-refractivity contribution in [3.63, 3.8) is 0 Å². The molecule has 2 nitrogen and oxygen atoms in total. The average molecular weight is 275 g/mol. The molecule has 2 unspecified atom stereocenters. The van der Waals surface area contributed by atoms with Crippen molar-refractivity contribution in [1.29, 1.82) is 0 Å². The Bertz CT molecular complexity index is 256. The van der Waals surface area contributed by atoms with Crippen LogP contribution >= 0.6 is 8.07 Å². The van der Waals surface area contributed by atoms with Gasteiger partial charge in [-0.2, -0.15) is 4.94 Å². The van der Waals surface area contributed by atoms with Crippen LogP contribution < -0.4 is 5.09 Å². The minimum Gasteiger partial charge on any atom is -0.299 e. The summed E-state index contributed by atoms with van der Waals surface area (Å²) >= 11 is 0. The molecule has 0 amide bonds. The van der Waals surface area contributed by atoms with Crippen LogP contribution in [0.5, 0.6) is 0 Å². The highest BCUT2D eigenvalue weighted by atomic mass is 31.1. The molecule has 0 saturated heterocycles. The van der Waals surface area contributed by atoms with E-state index in [9.17, 15) is 4.53 Å². The van der Waals surface area contributed by atoms with Gasteiger partial charge in [0.2, 0.25) is 0 Å². The first-order valence-electron chi connectivity index (χ1n) is 6.61. The Morgan fingerprint density at radius 3 is 2.78 bits per heavy atom. The number of rotatable bonds is 10. The van der Waals surface area contributed by atoms with Crippen LogP contribution in [0.2, 0.25) is 0 Å². The normalized spacial score (nSPS) is 16.2. The summed E-state index contributed by atoms with van der Waals surface area (Å²) in [6, 6.07) is 0. The number of hydrogen-bond donors (Lipinski definition) is 1. The summed E-state index contributed by atoms with van der Waals surface area (Å²) < 4.78 is 11.7. The standard InChI is InChI=1S/C14H27FNOP/c1-5-6-7-14(10-11-18(4)16-3)9-8-13(2)12-17-15/h6-7,10,13,16H,5,8-9,11-12H2,1-4H3/b7-6-,14-10+. The van der Waals surface area contributed by atoms with Gasteiger partial charge >= 0.3 is 0 Å². The fraction of sp³-hybridized carbons (Fsp3) is 0.714. The van der Waals surface area contributed by atoms with Gasteiger partial charge in [-0.3, -0.25) is 5.09 Å². The molecule has 0 aromatic carbocycles. The first-order valence-corrected chi connectivity index (χ1v) is 8.59. The third-order valence-corrected chi connectivity index (χ3v) is 4.34. The van der Waals surface area contributed by atoms with Crippen molar-refractivity contribution in [3.05, 3.63) is 23.8 Å². The smallest absolute Gasteiger partial charge is 0.0901 e. The summed E-state index contributed by atoms with van der Waals surface area (Å²) in [6.45, 7) is 6.57. The Balaban J connectivity index is 4.26. The zero-order chi connectivity index (χ0) is 13.8. The van der Waals surface area contributed by atoms with E-state index in [-0.39, 0.29) is 20.6 Å². The van der Waals surface area contributed by atoms with Gasteiger partial charge in [-0.15, -0.1) is 0 Å². The first-order chi connectivity index (χ1) is 8.63. The third-order valence-electron chi connectivity index (χ3n) is 2.85. The van der Waals surface area contributed by atoms with E-state index in [0.717, 1.165) is 25.4 Å². The van der Waals surface area contributed by atoms with Gasteiger partial charge in [-0.05, 0) is 57.7 Å². The maximum Gasteiger partial charge on any atom is 0.0901 e. The summed E-state index contributed by atoms with van der Waals surface area (Å²) in [5, 5.41) is 3.29. The van der Waals surface area contributed by atoms with Crippen molar-refractivity contribution in [3.8, 4) is 0 Å². The highest BCUT2D eigenvalue weighted by Crippen LogP contribution is 2.25. The number of nitrogens with one attached hydrogen (secondary N) is 1.